The molecular weight excluding hydrogens is 176 g/mol. The molecule has 76 valence electrons. The molecule has 0 bridgehead atoms. The number of nitrogens with zero attached hydrogens (tertiary/aromatic N) is 2. The van der Waals surface area contributed by atoms with E-state index in [4.69, 9.17) is 0 Å². The van der Waals surface area contributed by atoms with Crippen molar-refractivity contribution in [3.63, 3.8) is 0 Å². The van der Waals surface area contributed by atoms with Crippen LogP contribution >= 0.6 is 0 Å². The minimum absolute atomic E-state index is 0.189. The first kappa shape index (κ1) is 10.7. The van der Waals surface area contributed by atoms with Crippen molar-refractivity contribution in [1.29, 1.82) is 0 Å². The fraction of sp³-hybridized carbons (Fsp3) is 0.455. The normalized spacial score (nSPS) is 10.1. The molecule has 0 aliphatic heterocycles. The van der Waals surface area contributed by atoms with Crippen LogP contribution in [0.4, 0.5) is 0 Å². The Hall–Kier alpha value is -1.38. The Bertz CT molecular complexity index is 339. The molecule has 0 unspecified atom stereocenters. The number of hydrogen-bond donors (Lipinski definition) is 0. The maximum Gasteiger partial charge on any atom is 0.142 e. The van der Waals surface area contributed by atoms with Crippen molar-refractivity contribution in [3.8, 4) is 0 Å². The van der Waals surface area contributed by atoms with Gasteiger partial charge in [-0.1, -0.05) is 6.08 Å². The minimum atomic E-state index is 0.189. The summed E-state index contributed by atoms with van der Waals surface area (Å²) in [7, 11) is 0. The molecule has 1 heterocycles. The van der Waals surface area contributed by atoms with Crippen LogP contribution in [0.2, 0.25) is 0 Å². The zero-order chi connectivity index (χ0) is 10.6. The number of aromatic nitrogens is 2. The first-order valence-electron chi connectivity index (χ1n) is 4.83. The summed E-state index contributed by atoms with van der Waals surface area (Å²) in [6.07, 6.45) is 2.54. The molecule has 0 atom stereocenters. The predicted molar refractivity (Wildman–Crippen MR) is 56.2 cm³/mol. The highest BCUT2D eigenvalue weighted by Crippen LogP contribution is 2.06. The minimum Gasteiger partial charge on any atom is -0.299 e. The van der Waals surface area contributed by atoms with Crippen LogP contribution in [-0.2, 0) is 17.8 Å². The van der Waals surface area contributed by atoms with Gasteiger partial charge in [0.2, 0.25) is 0 Å². The molecule has 0 spiro atoms. The second-order valence-electron chi connectivity index (χ2n) is 3.30. The fourth-order valence-electron chi connectivity index (χ4n) is 1.45. The second kappa shape index (κ2) is 4.74. The Kier molecular flexibility index (Phi) is 3.63. The molecule has 0 aliphatic carbocycles. The van der Waals surface area contributed by atoms with E-state index in [9.17, 15) is 4.79 Å². The summed E-state index contributed by atoms with van der Waals surface area (Å²) in [5.41, 5.74) is 1.96. The summed E-state index contributed by atoms with van der Waals surface area (Å²) in [6, 6.07) is 1.96. The average Bonchev–Trinajstić information content (AvgIpc) is 2.46. The van der Waals surface area contributed by atoms with Gasteiger partial charge in [-0.2, -0.15) is 5.10 Å². The van der Waals surface area contributed by atoms with Crippen molar-refractivity contribution in [2.75, 3.05) is 0 Å². The van der Waals surface area contributed by atoms with Crippen molar-refractivity contribution in [2.45, 2.75) is 33.2 Å². The highest BCUT2D eigenvalue weighted by molar-refractivity contribution is 5.81. The maximum absolute atomic E-state index is 11.4. The van der Waals surface area contributed by atoms with Gasteiger partial charge in [-0.05, 0) is 19.9 Å². The van der Waals surface area contributed by atoms with Gasteiger partial charge in [0, 0.05) is 25.1 Å². The van der Waals surface area contributed by atoms with Crippen LogP contribution in [0.25, 0.3) is 0 Å². The summed E-state index contributed by atoms with van der Waals surface area (Å²) in [4.78, 5) is 11.4. The third-order valence-electron chi connectivity index (χ3n) is 2.04. The number of rotatable bonds is 5. The molecule has 14 heavy (non-hydrogen) atoms. The molecule has 0 N–H and O–H groups in total. The van der Waals surface area contributed by atoms with Crippen LogP contribution in [0.5, 0.6) is 0 Å². The molecule has 1 aromatic rings. The number of Topliss-reactive ketones (excluding diaryl/α,β-unsaturated/α-hetero) is 1. The Labute approximate surface area is 84.4 Å². The third kappa shape index (κ3) is 2.55. The number of allylic oxidation sites excluding steroid dienone is 1. The second-order valence-corrected chi connectivity index (χ2v) is 3.30. The number of aryl methyl sites for hydroxylation is 2. The van der Waals surface area contributed by atoms with E-state index < -0.39 is 0 Å². The molecule has 0 fully saturated rings. The van der Waals surface area contributed by atoms with Gasteiger partial charge < -0.3 is 0 Å². The highest BCUT2D eigenvalue weighted by atomic mass is 16.1. The number of carbonyl (C=O) groups excluding carboxylic acids is 1. The lowest BCUT2D eigenvalue weighted by Crippen LogP contribution is -2.08. The summed E-state index contributed by atoms with van der Waals surface area (Å²) in [5.74, 6) is 0.189. The Morgan fingerprint density at radius 3 is 3.00 bits per heavy atom. The van der Waals surface area contributed by atoms with Gasteiger partial charge in [0.05, 0.1) is 5.69 Å². The van der Waals surface area contributed by atoms with Crippen LogP contribution < -0.4 is 0 Å². The molecule has 0 saturated heterocycles. The molecule has 3 nitrogen and oxygen atoms in total. The molecule has 0 aliphatic rings. The Morgan fingerprint density at radius 1 is 1.71 bits per heavy atom. The topological polar surface area (TPSA) is 34.9 Å². The molecule has 0 amide bonds. The first-order chi connectivity index (χ1) is 6.67. The van der Waals surface area contributed by atoms with Gasteiger partial charge in [0.1, 0.15) is 5.78 Å². The summed E-state index contributed by atoms with van der Waals surface area (Å²) in [5, 5.41) is 4.28. The standard InChI is InChI=1S/C11H16N2O/c1-4-6-11(14)8-10-7-9(3)12-13(10)5-2/h4,7H,1,5-6,8H2,2-3H3. The molecule has 1 rings (SSSR count). The third-order valence-corrected chi connectivity index (χ3v) is 2.04. The van der Waals surface area contributed by atoms with Gasteiger partial charge in [0.25, 0.3) is 0 Å². The van der Waals surface area contributed by atoms with E-state index in [2.05, 4.69) is 11.7 Å². The fourth-order valence-corrected chi connectivity index (χ4v) is 1.45. The summed E-state index contributed by atoms with van der Waals surface area (Å²) < 4.78 is 1.87. The van der Waals surface area contributed by atoms with Crippen LogP contribution in [0, 0.1) is 6.92 Å². The lowest BCUT2D eigenvalue weighted by molar-refractivity contribution is -0.117. The van der Waals surface area contributed by atoms with Crippen LogP contribution in [-0.4, -0.2) is 15.6 Å². The number of ketones is 1. The molecule has 0 saturated carbocycles. The molecule has 1 aromatic heterocycles. The first-order valence-corrected chi connectivity index (χ1v) is 4.83. The quantitative estimate of drug-likeness (QED) is 0.668. The smallest absolute Gasteiger partial charge is 0.142 e. The predicted octanol–water partition coefficient (Wildman–Crippen LogP) is 1.90. The molecule has 0 aromatic carbocycles. The van der Waals surface area contributed by atoms with E-state index in [1.54, 1.807) is 6.08 Å². The van der Waals surface area contributed by atoms with Gasteiger partial charge in [-0.3, -0.25) is 9.48 Å². The van der Waals surface area contributed by atoms with Gasteiger partial charge in [-0.15, -0.1) is 6.58 Å². The lowest BCUT2D eigenvalue weighted by Gasteiger charge is -2.02. The average molecular weight is 192 g/mol. The summed E-state index contributed by atoms with van der Waals surface area (Å²) in [6.45, 7) is 8.32. The molecule has 3 heteroatoms. The lowest BCUT2D eigenvalue weighted by atomic mass is 10.1. The van der Waals surface area contributed by atoms with Crippen molar-refractivity contribution in [1.82, 2.24) is 9.78 Å². The van der Waals surface area contributed by atoms with Gasteiger partial charge >= 0.3 is 0 Å². The van der Waals surface area contributed by atoms with Crippen molar-refractivity contribution >= 4 is 5.78 Å². The number of hydrogen-bond acceptors (Lipinski definition) is 2. The van der Waals surface area contributed by atoms with Crippen molar-refractivity contribution in [3.05, 3.63) is 30.1 Å². The van der Waals surface area contributed by atoms with E-state index in [0.29, 0.717) is 12.8 Å². The SMILES string of the molecule is C=CCC(=O)Cc1cc(C)nn1CC. The highest BCUT2D eigenvalue weighted by Gasteiger charge is 2.07. The molecule has 0 radical (unpaired) electrons. The van der Waals surface area contributed by atoms with E-state index in [0.717, 1.165) is 17.9 Å². The van der Waals surface area contributed by atoms with Crippen molar-refractivity contribution in [2.24, 2.45) is 0 Å². The molecular formula is C11H16N2O. The van der Waals surface area contributed by atoms with E-state index in [-0.39, 0.29) is 5.78 Å². The summed E-state index contributed by atoms with van der Waals surface area (Å²) >= 11 is 0. The Morgan fingerprint density at radius 2 is 2.43 bits per heavy atom. The maximum atomic E-state index is 11.4. The number of carbonyl (C=O) groups is 1. The van der Waals surface area contributed by atoms with Gasteiger partial charge in [0.15, 0.2) is 0 Å². The van der Waals surface area contributed by atoms with E-state index in [1.165, 1.54) is 0 Å². The zero-order valence-electron chi connectivity index (χ0n) is 8.79. The van der Waals surface area contributed by atoms with Crippen LogP contribution in [0.1, 0.15) is 24.7 Å². The van der Waals surface area contributed by atoms with E-state index >= 15 is 0 Å². The van der Waals surface area contributed by atoms with Crippen LogP contribution in [0.3, 0.4) is 0 Å². The zero-order valence-corrected chi connectivity index (χ0v) is 8.79. The largest absolute Gasteiger partial charge is 0.299 e. The van der Waals surface area contributed by atoms with Crippen molar-refractivity contribution < 1.29 is 4.79 Å². The monoisotopic (exact) mass is 192 g/mol. The van der Waals surface area contributed by atoms with Gasteiger partial charge in [-0.25, -0.2) is 0 Å². The van der Waals surface area contributed by atoms with E-state index in [1.807, 2.05) is 24.6 Å². The van der Waals surface area contributed by atoms with Crippen LogP contribution in [0.15, 0.2) is 18.7 Å². The Balaban J connectivity index is 2.74.